The third-order valence-corrected chi connectivity index (χ3v) is 6.42. The molecular formula is C21H39IN4O2. The first-order valence-electron chi connectivity index (χ1n) is 11.0. The molecule has 162 valence electrons. The van der Waals surface area contributed by atoms with Crippen LogP contribution in [0.25, 0.3) is 0 Å². The number of carbonyl (C=O) groups excluding carboxylic acids is 1. The quantitative estimate of drug-likeness (QED) is 0.349. The SMILES string of the molecule is CN(C)C(=O)CN=C(NC1CCCCC1)NC1CCOC2(CCCCC2)C1.I. The maximum Gasteiger partial charge on any atom is 0.243 e. The maximum absolute atomic E-state index is 12.0. The Bertz CT molecular complexity index is 509. The van der Waals surface area contributed by atoms with E-state index in [0.717, 1.165) is 25.4 Å². The molecule has 0 aromatic heterocycles. The molecule has 0 radical (unpaired) electrons. The Kier molecular flexibility index (Phi) is 9.80. The average Bonchev–Trinajstić information content (AvgIpc) is 2.67. The Balaban J connectivity index is 0.00000280. The van der Waals surface area contributed by atoms with Crippen molar-refractivity contribution < 1.29 is 9.53 Å². The molecule has 6 nitrogen and oxygen atoms in total. The van der Waals surface area contributed by atoms with Gasteiger partial charge in [-0.25, -0.2) is 4.99 Å². The summed E-state index contributed by atoms with van der Waals surface area (Å²) in [4.78, 5) is 18.3. The predicted octanol–water partition coefficient (Wildman–Crippen LogP) is 3.44. The van der Waals surface area contributed by atoms with Crippen LogP contribution in [-0.4, -0.2) is 61.7 Å². The van der Waals surface area contributed by atoms with Crippen molar-refractivity contribution in [1.82, 2.24) is 15.5 Å². The van der Waals surface area contributed by atoms with Crippen molar-refractivity contribution >= 4 is 35.8 Å². The molecule has 0 bridgehead atoms. The van der Waals surface area contributed by atoms with Gasteiger partial charge in [-0.2, -0.15) is 0 Å². The molecular weight excluding hydrogens is 467 g/mol. The summed E-state index contributed by atoms with van der Waals surface area (Å²) in [6.45, 7) is 1.02. The highest BCUT2D eigenvalue weighted by Crippen LogP contribution is 2.38. The van der Waals surface area contributed by atoms with E-state index in [2.05, 4.69) is 15.6 Å². The molecule has 0 aromatic carbocycles. The number of likely N-dealkylation sites (N-methyl/N-ethyl adjacent to an activating group) is 1. The van der Waals surface area contributed by atoms with E-state index in [9.17, 15) is 4.79 Å². The molecule has 3 aliphatic rings. The molecule has 28 heavy (non-hydrogen) atoms. The molecule has 2 saturated carbocycles. The number of nitrogens with one attached hydrogen (secondary N) is 2. The van der Waals surface area contributed by atoms with Gasteiger partial charge in [0.05, 0.1) is 5.60 Å². The van der Waals surface area contributed by atoms with E-state index in [4.69, 9.17) is 4.74 Å². The molecule has 3 fully saturated rings. The van der Waals surface area contributed by atoms with Crippen LogP contribution < -0.4 is 10.6 Å². The van der Waals surface area contributed by atoms with E-state index in [1.807, 2.05) is 0 Å². The number of nitrogens with zero attached hydrogens (tertiary/aromatic N) is 2. The number of hydrogen-bond acceptors (Lipinski definition) is 3. The molecule has 1 saturated heterocycles. The third-order valence-electron chi connectivity index (χ3n) is 6.42. The zero-order chi connectivity index (χ0) is 19.1. The van der Waals surface area contributed by atoms with Gasteiger partial charge in [0.1, 0.15) is 6.54 Å². The molecule has 2 aliphatic carbocycles. The molecule has 1 spiro atoms. The number of halogens is 1. The van der Waals surface area contributed by atoms with Crippen LogP contribution in [0.1, 0.15) is 77.0 Å². The van der Waals surface area contributed by atoms with Crippen LogP contribution in [0.2, 0.25) is 0 Å². The largest absolute Gasteiger partial charge is 0.375 e. The average molecular weight is 506 g/mol. The van der Waals surface area contributed by atoms with Gasteiger partial charge in [-0.3, -0.25) is 4.79 Å². The highest BCUT2D eigenvalue weighted by molar-refractivity contribution is 14.0. The normalized spacial score (nSPS) is 25.6. The van der Waals surface area contributed by atoms with E-state index in [0.29, 0.717) is 12.1 Å². The Morgan fingerprint density at radius 1 is 1.00 bits per heavy atom. The van der Waals surface area contributed by atoms with Crippen molar-refractivity contribution in [2.45, 2.75) is 94.7 Å². The summed E-state index contributed by atoms with van der Waals surface area (Å²) in [5, 5.41) is 7.27. The number of guanidine groups is 1. The molecule has 1 unspecified atom stereocenters. The van der Waals surface area contributed by atoms with Crippen molar-refractivity contribution in [3.63, 3.8) is 0 Å². The number of ether oxygens (including phenoxy) is 1. The zero-order valence-corrected chi connectivity index (χ0v) is 20.0. The zero-order valence-electron chi connectivity index (χ0n) is 17.7. The van der Waals surface area contributed by atoms with Gasteiger partial charge in [-0.05, 0) is 38.5 Å². The van der Waals surface area contributed by atoms with Crippen LogP contribution >= 0.6 is 24.0 Å². The number of amides is 1. The Labute approximate surface area is 187 Å². The van der Waals surface area contributed by atoms with Crippen LogP contribution in [-0.2, 0) is 9.53 Å². The minimum Gasteiger partial charge on any atom is -0.375 e. The van der Waals surface area contributed by atoms with Crippen molar-refractivity contribution in [3.8, 4) is 0 Å². The fourth-order valence-corrected chi connectivity index (χ4v) is 4.75. The summed E-state index contributed by atoms with van der Waals surface area (Å²) in [6, 6.07) is 0.851. The second kappa shape index (κ2) is 11.6. The van der Waals surface area contributed by atoms with E-state index in [-0.39, 0.29) is 42.0 Å². The highest BCUT2D eigenvalue weighted by atomic mass is 127. The molecule has 3 rings (SSSR count). The minimum atomic E-state index is 0. The van der Waals surface area contributed by atoms with Gasteiger partial charge < -0.3 is 20.3 Å². The predicted molar refractivity (Wildman–Crippen MR) is 124 cm³/mol. The fourth-order valence-electron chi connectivity index (χ4n) is 4.75. The van der Waals surface area contributed by atoms with E-state index in [1.165, 1.54) is 64.2 Å². The van der Waals surface area contributed by atoms with Crippen LogP contribution in [0, 0.1) is 0 Å². The summed E-state index contributed by atoms with van der Waals surface area (Å²) in [5.41, 5.74) is 0.0730. The van der Waals surface area contributed by atoms with Gasteiger partial charge in [0.2, 0.25) is 5.91 Å². The third kappa shape index (κ3) is 7.04. The van der Waals surface area contributed by atoms with Gasteiger partial charge in [0.25, 0.3) is 0 Å². The number of aliphatic imine (C=N–C) groups is 1. The fraction of sp³-hybridized carbons (Fsp3) is 0.905. The van der Waals surface area contributed by atoms with E-state index >= 15 is 0 Å². The lowest BCUT2D eigenvalue weighted by molar-refractivity contribution is -0.127. The Morgan fingerprint density at radius 3 is 2.32 bits per heavy atom. The van der Waals surface area contributed by atoms with Gasteiger partial charge in [-0.15, -0.1) is 24.0 Å². The van der Waals surface area contributed by atoms with Gasteiger partial charge in [-0.1, -0.05) is 38.5 Å². The van der Waals surface area contributed by atoms with Gasteiger partial charge in [0, 0.05) is 32.8 Å². The lowest BCUT2D eigenvalue weighted by atomic mass is 9.78. The molecule has 1 heterocycles. The van der Waals surface area contributed by atoms with Crippen molar-refractivity contribution in [3.05, 3.63) is 0 Å². The van der Waals surface area contributed by atoms with Gasteiger partial charge >= 0.3 is 0 Å². The number of rotatable bonds is 4. The molecule has 2 N–H and O–H groups in total. The van der Waals surface area contributed by atoms with Crippen LogP contribution in [0.3, 0.4) is 0 Å². The monoisotopic (exact) mass is 506 g/mol. The van der Waals surface area contributed by atoms with Crippen LogP contribution in [0.5, 0.6) is 0 Å². The molecule has 1 atom stereocenters. The minimum absolute atomic E-state index is 0. The Morgan fingerprint density at radius 2 is 1.64 bits per heavy atom. The first-order chi connectivity index (χ1) is 13.1. The smallest absolute Gasteiger partial charge is 0.243 e. The van der Waals surface area contributed by atoms with Crippen molar-refractivity contribution in [1.29, 1.82) is 0 Å². The van der Waals surface area contributed by atoms with E-state index in [1.54, 1.807) is 19.0 Å². The first-order valence-corrected chi connectivity index (χ1v) is 11.0. The van der Waals surface area contributed by atoms with Crippen LogP contribution in [0.4, 0.5) is 0 Å². The van der Waals surface area contributed by atoms with Crippen molar-refractivity contribution in [2.24, 2.45) is 4.99 Å². The highest BCUT2D eigenvalue weighted by Gasteiger charge is 2.38. The standard InChI is InChI=1S/C21H38N4O2.HI/c1-25(2)19(26)16-22-20(23-17-9-5-3-6-10-17)24-18-11-14-27-21(15-18)12-7-4-8-13-21;/h17-18H,3-16H2,1-2H3,(H2,22,23,24);1H. The maximum atomic E-state index is 12.0. The van der Waals surface area contributed by atoms with Gasteiger partial charge in [0.15, 0.2) is 5.96 Å². The van der Waals surface area contributed by atoms with Crippen LogP contribution in [0.15, 0.2) is 4.99 Å². The number of hydrogen-bond donors (Lipinski definition) is 2. The summed E-state index contributed by atoms with van der Waals surface area (Å²) < 4.78 is 6.24. The topological polar surface area (TPSA) is 66.0 Å². The lowest BCUT2D eigenvalue weighted by Crippen LogP contribution is -2.53. The summed E-state index contributed by atoms with van der Waals surface area (Å²) in [7, 11) is 3.57. The summed E-state index contributed by atoms with van der Waals surface area (Å²) >= 11 is 0. The van der Waals surface area contributed by atoms with E-state index < -0.39 is 0 Å². The lowest BCUT2D eigenvalue weighted by Gasteiger charge is -2.44. The Hall–Kier alpha value is -0.570. The second-order valence-electron chi connectivity index (χ2n) is 8.86. The number of carbonyl (C=O) groups is 1. The summed E-state index contributed by atoms with van der Waals surface area (Å²) in [6.07, 6.45) is 14.6. The second-order valence-corrected chi connectivity index (χ2v) is 8.86. The molecule has 0 aromatic rings. The first kappa shape index (κ1) is 23.7. The molecule has 1 amide bonds. The van der Waals surface area contributed by atoms with Crippen molar-refractivity contribution in [2.75, 3.05) is 27.2 Å². The molecule has 7 heteroatoms. The molecule has 1 aliphatic heterocycles. The summed E-state index contributed by atoms with van der Waals surface area (Å²) in [5.74, 6) is 0.852.